The molecule has 3 aliphatic rings. The third kappa shape index (κ3) is 2.78. The quantitative estimate of drug-likeness (QED) is 0.925. The van der Waals surface area contributed by atoms with E-state index in [1.165, 1.54) is 36.3 Å². The first-order valence-electron chi connectivity index (χ1n) is 8.04. The van der Waals surface area contributed by atoms with E-state index >= 15 is 0 Å². The standard InChI is InChI=1S/C15H22N2O2S2/c18-21(19)9-7-15(8-10-21,17-11-5-6-11)14-16-12-3-1-2-4-13(12)20-14/h11,17H,1-10H2. The molecule has 0 bridgehead atoms. The summed E-state index contributed by atoms with van der Waals surface area (Å²) in [5.74, 6) is 0.605. The molecule has 4 rings (SSSR count). The van der Waals surface area contributed by atoms with E-state index in [2.05, 4.69) is 5.32 Å². The van der Waals surface area contributed by atoms with Crippen LogP contribution in [0.5, 0.6) is 0 Å². The van der Waals surface area contributed by atoms with E-state index in [1.54, 1.807) is 0 Å². The summed E-state index contributed by atoms with van der Waals surface area (Å²) in [4.78, 5) is 6.38. The van der Waals surface area contributed by atoms with Crippen LogP contribution in [-0.2, 0) is 28.2 Å². The molecule has 2 aliphatic carbocycles. The Labute approximate surface area is 130 Å². The van der Waals surface area contributed by atoms with E-state index in [0.717, 1.165) is 17.8 Å². The lowest BCUT2D eigenvalue weighted by Gasteiger charge is -2.36. The lowest BCUT2D eigenvalue weighted by Crippen LogP contribution is -2.49. The third-order valence-electron chi connectivity index (χ3n) is 4.99. The molecular formula is C15H22N2O2S2. The second-order valence-electron chi connectivity index (χ2n) is 6.75. The van der Waals surface area contributed by atoms with Gasteiger partial charge in [0.15, 0.2) is 0 Å². The van der Waals surface area contributed by atoms with Gasteiger partial charge < -0.3 is 5.32 Å². The predicted octanol–water partition coefficient (Wildman–Crippen LogP) is 2.18. The zero-order chi connectivity index (χ0) is 14.5. The molecule has 1 saturated carbocycles. The summed E-state index contributed by atoms with van der Waals surface area (Å²) < 4.78 is 23.6. The van der Waals surface area contributed by atoms with Crippen LogP contribution in [0.4, 0.5) is 0 Å². The summed E-state index contributed by atoms with van der Waals surface area (Å²) in [5.41, 5.74) is 1.11. The molecule has 0 amide bonds. The molecule has 0 radical (unpaired) electrons. The van der Waals surface area contributed by atoms with E-state index in [1.807, 2.05) is 11.3 Å². The average molecular weight is 326 g/mol. The Morgan fingerprint density at radius 2 is 1.86 bits per heavy atom. The van der Waals surface area contributed by atoms with Crippen molar-refractivity contribution in [3.8, 4) is 0 Å². The van der Waals surface area contributed by atoms with Crippen molar-refractivity contribution in [2.75, 3.05) is 11.5 Å². The molecule has 1 aliphatic heterocycles. The zero-order valence-corrected chi connectivity index (χ0v) is 13.9. The molecule has 4 nitrogen and oxygen atoms in total. The molecule has 1 saturated heterocycles. The van der Waals surface area contributed by atoms with E-state index in [4.69, 9.17) is 4.98 Å². The number of hydrogen-bond acceptors (Lipinski definition) is 5. The van der Waals surface area contributed by atoms with Crippen LogP contribution in [0.3, 0.4) is 0 Å². The maximum atomic E-state index is 11.8. The van der Waals surface area contributed by atoms with E-state index < -0.39 is 9.84 Å². The highest BCUT2D eigenvalue weighted by molar-refractivity contribution is 7.91. The first kappa shape index (κ1) is 14.2. The highest BCUT2D eigenvalue weighted by atomic mass is 32.2. The molecule has 0 aromatic carbocycles. The van der Waals surface area contributed by atoms with Gasteiger partial charge in [0, 0.05) is 10.9 Å². The van der Waals surface area contributed by atoms with Gasteiger partial charge in [-0.05, 0) is 51.4 Å². The van der Waals surface area contributed by atoms with Crippen molar-refractivity contribution in [1.82, 2.24) is 10.3 Å². The fourth-order valence-electron chi connectivity index (χ4n) is 3.48. The Morgan fingerprint density at radius 1 is 1.14 bits per heavy atom. The minimum Gasteiger partial charge on any atom is -0.303 e. The molecule has 0 atom stereocenters. The van der Waals surface area contributed by atoms with Crippen molar-refractivity contribution in [3.63, 3.8) is 0 Å². The molecule has 116 valence electrons. The minimum atomic E-state index is -2.84. The van der Waals surface area contributed by atoms with Crippen LogP contribution in [-0.4, -0.2) is 30.9 Å². The van der Waals surface area contributed by atoms with Crippen molar-refractivity contribution < 1.29 is 8.42 Å². The smallest absolute Gasteiger partial charge is 0.150 e. The number of thiazole rings is 1. The van der Waals surface area contributed by atoms with E-state index in [9.17, 15) is 8.42 Å². The van der Waals surface area contributed by atoms with E-state index in [-0.39, 0.29) is 5.54 Å². The number of nitrogens with one attached hydrogen (secondary N) is 1. The van der Waals surface area contributed by atoms with Crippen molar-refractivity contribution >= 4 is 21.2 Å². The van der Waals surface area contributed by atoms with Gasteiger partial charge in [0.05, 0.1) is 22.7 Å². The summed E-state index contributed by atoms with van der Waals surface area (Å²) >= 11 is 1.84. The van der Waals surface area contributed by atoms with Gasteiger partial charge in [-0.25, -0.2) is 13.4 Å². The fraction of sp³-hybridized carbons (Fsp3) is 0.800. The second kappa shape index (κ2) is 5.03. The maximum absolute atomic E-state index is 11.8. The van der Waals surface area contributed by atoms with Crippen LogP contribution in [0.15, 0.2) is 0 Å². The van der Waals surface area contributed by atoms with Crippen LogP contribution >= 0.6 is 11.3 Å². The Kier molecular flexibility index (Phi) is 3.39. The van der Waals surface area contributed by atoms with E-state index in [0.29, 0.717) is 30.4 Å². The minimum absolute atomic E-state index is 0.172. The molecule has 0 spiro atoms. The lowest BCUT2D eigenvalue weighted by molar-refractivity contribution is 0.295. The number of fused-ring (bicyclic) bond motifs is 1. The summed E-state index contributed by atoms with van der Waals surface area (Å²) in [7, 11) is -2.84. The normalized spacial score (nSPS) is 27.2. The third-order valence-corrected chi connectivity index (χ3v) is 8.01. The number of aryl methyl sites for hydroxylation is 2. The molecule has 2 heterocycles. The predicted molar refractivity (Wildman–Crippen MR) is 84.5 cm³/mol. The van der Waals surface area contributed by atoms with Gasteiger partial charge in [-0.3, -0.25) is 0 Å². The SMILES string of the molecule is O=S1(=O)CCC(NC2CC2)(c2nc3c(s2)CCCC3)CC1. The first-order chi connectivity index (χ1) is 10.1. The topological polar surface area (TPSA) is 59.1 Å². The molecule has 1 aromatic rings. The lowest BCUT2D eigenvalue weighted by atomic mass is 9.92. The molecular weight excluding hydrogens is 304 g/mol. The molecule has 6 heteroatoms. The Morgan fingerprint density at radius 3 is 2.52 bits per heavy atom. The maximum Gasteiger partial charge on any atom is 0.150 e. The highest BCUT2D eigenvalue weighted by Gasteiger charge is 2.44. The number of rotatable bonds is 3. The van der Waals surface area contributed by atoms with Gasteiger partial charge in [-0.1, -0.05) is 0 Å². The average Bonchev–Trinajstić information content (AvgIpc) is 3.16. The largest absolute Gasteiger partial charge is 0.303 e. The summed E-state index contributed by atoms with van der Waals surface area (Å²) in [5, 5.41) is 4.92. The number of aromatic nitrogens is 1. The number of sulfone groups is 1. The van der Waals surface area contributed by atoms with Crippen molar-refractivity contribution in [2.45, 2.75) is 62.9 Å². The molecule has 1 N–H and O–H groups in total. The summed E-state index contributed by atoms with van der Waals surface area (Å²) in [6.07, 6.45) is 8.60. The van der Waals surface area contributed by atoms with Crippen molar-refractivity contribution in [2.24, 2.45) is 0 Å². The molecule has 1 aromatic heterocycles. The molecule has 2 fully saturated rings. The van der Waals surface area contributed by atoms with Gasteiger partial charge in [0.2, 0.25) is 0 Å². The first-order valence-corrected chi connectivity index (χ1v) is 10.7. The fourth-order valence-corrected chi connectivity index (χ4v) is 6.36. The Balaban J connectivity index is 1.67. The Bertz CT molecular complexity index is 609. The van der Waals surface area contributed by atoms with Crippen LogP contribution in [0.25, 0.3) is 0 Å². The van der Waals surface area contributed by atoms with Gasteiger partial charge in [0.25, 0.3) is 0 Å². The number of hydrogen-bond donors (Lipinski definition) is 1. The highest BCUT2D eigenvalue weighted by Crippen LogP contribution is 2.41. The zero-order valence-electron chi connectivity index (χ0n) is 12.2. The van der Waals surface area contributed by atoms with Gasteiger partial charge >= 0.3 is 0 Å². The van der Waals surface area contributed by atoms with Crippen molar-refractivity contribution in [3.05, 3.63) is 15.6 Å². The van der Waals surface area contributed by atoms with Crippen LogP contribution in [0.1, 0.15) is 54.1 Å². The monoisotopic (exact) mass is 326 g/mol. The van der Waals surface area contributed by atoms with Crippen molar-refractivity contribution in [1.29, 1.82) is 0 Å². The second-order valence-corrected chi connectivity index (χ2v) is 10.1. The van der Waals surface area contributed by atoms with Gasteiger partial charge in [0.1, 0.15) is 14.8 Å². The Hall–Kier alpha value is -0.460. The summed E-state index contributed by atoms with van der Waals surface area (Å²) in [6, 6.07) is 0.576. The van der Waals surface area contributed by atoms with Crippen LogP contribution in [0, 0.1) is 0 Å². The van der Waals surface area contributed by atoms with Crippen LogP contribution in [0.2, 0.25) is 0 Å². The summed E-state index contributed by atoms with van der Waals surface area (Å²) in [6.45, 7) is 0. The molecule has 21 heavy (non-hydrogen) atoms. The van der Waals surface area contributed by atoms with Gasteiger partial charge in [-0.2, -0.15) is 0 Å². The number of nitrogens with zero attached hydrogens (tertiary/aromatic N) is 1. The van der Waals surface area contributed by atoms with Crippen LogP contribution < -0.4 is 5.32 Å². The molecule has 0 unspecified atom stereocenters. The van der Waals surface area contributed by atoms with Gasteiger partial charge in [-0.15, -0.1) is 11.3 Å².